The number of nitrogens with one attached hydrogen (secondary N) is 1. The maximum absolute atomic E-state index is 14.1. The van der Waals surface area contributed by atoms with Gasteiger partial charge in [-0.2, -0.15) is 0 Å². The third kappa shape index (κ3) is 6.14. The van der Waals surface area contributed by atoms with Gasteiger partial charge in [0, 0.05) is 12.5 Å². The summed E-state index contributed by atoms with van der Waals surface area (Å²) in [7, 11) is 0. The first-order valence-corrected chi connectivity index (χ1v) is 13.1. The molecule has 3 aromatic rings. The molecule has 1 aliphatic carbocycles. The Kier molecular flexibility index (Phi) is 7.77. The van der Waals surface area contributed by atoms with Crippen LogP contribution in [0.4, 0.5) is 0 Å². The molecule has 2 aliphatic rings. The van der Waals surface area contributed by atoms with E-state index in [4.69, 9.17) is 28.0 Å². The van der Waals surface area contributed by atoms with E-state index in [1.165, 1.54) is 0 Å². The van der Waals surface area contributed by atoms with Crippen LogP contribution in [0.3, 0.4) is 0 Å². The summed E-state index contributed by atoms with van der Waals surface area (Å²) in [6.45, 7) is 0.420. The maximum Gasteiger partial charge on any atom is 0.243 e. The van der Waals surface area contributed by atoms with E-state index in [0.717, 1.165) is 29.5 Å². The number of likely N-dealkylation sites (tertiary alicyclic amines) is 1. The number of carbonyl (C=O) groups excluding carboxylic acids is 2. The van der Waals surface area contributed by atoms with Crippen molar-refractivity contribution in [1.82, 2.24) is 10.2 Å². The Hall–Kier alpha value is -3.35. The molecule has 1 aliphatic heterocycles. The van der Waals surface area contributed by atoms with Crippen molar-refractivity contribution < 1.29 is 14.4 Å². The molecule has 190 valence electrons. The van der Waals surface area contributed by atoms with Crippen molar-refractivity contribution in [3.8, 4) is 0 Å². The molecule has 2 fully saturated rings. The van der Waals surface area contributed by atoms with Crippen molar-refractivity contribution in [2.45, 2.75) is 43.9 Å². The molecule has 1 atom stereocenters. The Morgan fingerprint density at radius 1 is 0.946 bits per heavy atom. The summed E-state index contributed by atoms with van der Waals surface area (Å²) in [6.07, 6.45) is 2.26. The van der Waals surface area contributed by atoms with Gasteiger partial charge >= 0.3 is 0 Å². The molecule has 8 heteroatoms. The standard InChI is InChI=1S/C29H27Cl2N3O3/c30-24-14-11-19(15-25(24)31)18-37-33-23-16-26(28(35)32-22-12-13-22)34(17-23)29(36)27(20-7-3-1-4-8-20)21-9-5-2-6-10-21/h1-11,14-15,22,26-27H,12-13,16-18H2,(H,32,35)/t26-/m0/s1. The first kappa shape index (κ1) is 25.3. The molecular formula is C29H27Cl2N3O3. The second kappa shape index (κ2) is 11.4. The molecule has 2 amide bonds. The lowest BCUT2D eigenvalue weighted by Gasteiger charge is -2.28. The van der Waals surface area contributed by atoms with Gasteiger partial charge in [-0.3, -0.25) is 9.59 Å². The Labute approximate surface area is 226 Å². The van der Waals surface area contributed by atoms with E-state index < -0.39 is 12.0 Å². The van der Waals surface area contributed by atoms with Crippen LogP contribution in [0.2, 0.25) is 10.0 Å². The van der Waals surface area contributed by atoms with Crippen molar-refractivity contribution in [2.24, 2.45) is 5.16 Å². The fourth-order valence-corrected chi connectivity index (χ4v) is 4.84. The molecule has 1 saturated heterocycles. The molecule has 5 rings (SSSR count). The van der Waals surface area contributed by atoms with Crippen LogP contribution in [0, 0.1) is 0 Å². The minimum atomic E-state index is -0.643. The fraction of sp³-hybridized carbons (Fsp3) is 0.276. The number of hydrogen-bond acceptors (Lipinski definition) is 4. The quantitative estimate of drug-likeness (QED) is 0.383. The maximum atomic E-state index is 14.1. The monoisotopic (exact) mass is 535 g/mol. The number of amides is 2. The second-order valence-corrected chi connectivity index (χ2v) is 10.2. The summed E-state index contributed by atoms with van der Waals surface area (Å²) in [5, 5.41) is 8.27. The van der Waals surface area contributed by atoms with Gasteiger partial charge in [-0.05, 0) is 41.7 Å². The van der Waals surface area contributed by atoms with E-state index in [1.54, 1.807) is 17.0 Å². The minimum Gasteiger partial charge on any atom is -0.391 e. The van der Waals surface area contributed by atoms with Gasteiger partial charge in [0.15, 0.2) is 0 Å². The Morgan fingerprint density at radius 2 is 1.59 bits per heavy atom. The molecule has 37 heavy (non-hydrogen) atoms. The van der Waals surface area contributed by atoms with E-state index in [2.05, 4.69) is 10.5 Å². The van der Waals surface area contributed by atoms with E-state index in [1.807, 2.05) is 66.7 Å². The van der Waals surface area contributed by atoms with Crippen LogP contribution >= 0.6 is 23.2 Å². The zero-order chi connectivity index (χ0) is 25.8. The number of benzene rings is 3. The summed E-state index contributed by atoms with van der Waals surface area (Å²) in [4.78, 5) is 34.5. The van der Waals surface area contributed by atoms with Crippen LogP contribution in [-0.2, 0) is 21.0 Å². The highest BCUT2D eigenvalue weighted by Gasteiger charge is 2.42. The molecular weight excluding hydrogens is 509 g/mol. The average Bonchev–Trinajstić information content (AvgIpc) is 3.62. The van der Waals surface area contributed by atoms with Gasteiger partial charge in [0.25, 0.3) is 0 Å². The Bertz CT molecular complexity index is 1260. The van der Waals surface area contributed by atoms with Crippen LogP contribution in [-0.4, -0.2) is 41.1 Å². The van der Waals surface area contributed by atoms with Gasteiger partial charge in [-0.15, -0.1) is 0 Å². The molecule has 0 bridgehead atoms. The minimum absolute atomic E-state index is 0.136. The summed E-state index contributed by atoms with van der Waals surface area (Å²) in [5.41, 5.74) is 3.22. The lowest BCUT2D eigenvalue weighted by molar-refractivity contribution is -0.138. The Morgan fingerprint density at radius 3 is 2.19 bits per heavy atom. The normalized spacial score (nSPS) is 18.3. The molecule has 6 nitrogen and oxygen atoms in total. The number of oxime groups is 1. The van der Waals surface area contributed by atoms with Gasteiger partial charge < -0.3 is 15.1 Å². The second-order valence-electron chi connectivity index (χ2n) is 9.40. The van der Waals surface area contributed by atoms with Crippen LogP contribution in [0.5, 0.6) is 0 Å². The van der Waals surface area contributed by atoms with Crippen LogP contribution < -0.4 is 5.32 Å². The number of carbonyl (C=O) groups is 2. The van der Waals surface area contributed by atoms with E-state index >= 15 is 0 Å². The summed E-state index contributed by atoms with van der Waals surface area (Å²) >= 11 is 12.1. The molecule has 0 aromatic heterocycles. The average molecular weight is 536 g/mol. The van der Waals surface area contributed by atoms with Crippen LogP contribution in [0.1, 0.15) is 41.9 Å². The SMILES string of the molecule is O=C(NC1CC1)[C@@H]1CC(=NOCc2ccc(Cl)c(Cl)c2)CN1C(=O)C(c1ccccc1)c1ccccc1. The molecule has 0 unspecified atom stereocenters. The van der Waals surface area contributed by atoms with Gasteiger partial charge in [-0.1, -0.05) is 95.1 Å². The predicted molar refractivity (Wildman–Crippen MR) is 145 cm³/mol. The van der Waals surface area contributed by atoms with Crippen molar-refractivity contribution in [3.05, 3.63) is 106 Å². The third-order valence-electron chi connectivity index (χ3n) is 6.59. The largest absolute Gasteiger partial charge is 0.391 e. The number of rotatable bonds is 8. The van der Waals surface area contributed by atoms with Crippen molar-refractivity contribution in [1.29, 1.82) is 0 Å². The van der Waals surface area contributed by atoms with Gasteiger partial charge in [0.05, 0.1) is 28.2 Å². The van der Waals surface area contributed by atoms with Gasteiger partial charge in [0.2, 0.25) is 11.8 Å². The Balaban J connectivity index is 1.38. The number of nitrogens with zero attached hydrogens (tertiary/aromatic N) is 2. The topological polar surface area (TPSA) is 71.0 Å². The highest BCUT2D eigenvalue weighted by molar-refractivity contribution is 6.42. The lowest BCUT2D eigenvalue weighted by atomic mass is 9.90. The van der Waals surface area contributed by atoms with E-state index in [0.29, 0.717) is 22.2 Å². The summed E-state index contributed by atoms with van der Waals surface area (Å²) < 4.78 is 0. The zero-order valence-corrected chi connectivity index (χ0v) is 21.7. The first-order valence-electron chi connectivity index (χ1n) is 12.3. The van der Waals surface area contributed by atoms with E-state index in [-0.39, 0.29) is 31.0 Å². The lowest BCUT2D eigenvalue weighted by Crippen LogP contribution is -2.48. The van der Waals surface area contributed by atoms with Gasteiger partial charge in [-0.25, -0.2) is 0 Å². The van der Waals surface area contributed by atoms with E-state index in [9.17, 15) is 9.59 Å². The first-order chi connectivity index (χ1) is 18.0. The van der Waals surface area contributed by atoms with Crippen molar-refractivity contribution in [2.75, 3.05) is 6.54 Å². The zero-order valence-electron chi connectivity index (χ0n) is 20.1. The number of halogens is 2. The molecule has 1 N–H and O–H groups in total. The number of hydrogen-bond donors (Lipinski definition) is 1. The molecule has 1 saturated carbocycles. The third-order valence-corrected chi connectivity index (χ3v) is 7.33. The molecule has 0 radical (unpaired) electrons. The van der Waals surface area contributed by atoms with Crippen LogP contribution in [0.25, 0.3) is 0 Å². The molecule has 1 heterocycles. The highest BCUT2D eigenvalue weighted by Crippen LogP contribution is 2.31. The highest BCUT2D eigenvalue weighted by atomic mass is 35.5. The van der Waals surface area contributed by atoms with Crippen molar-refractivity contribution >= 4 is 40.7 Å². The smallest absolute Gasteiger partial charge is 0.243 e. The molecule has 3 aromatic carbocycles. The van der Waals surface area contributed by atoms with Crippen LogP contribution in [0.15, 0.2) is 84.0 Å². The van der Waals surface area contributed by atoms with Gasteiger partial charge in [0.1, 0.15) is 12.6 Å². The summed E-state index contributed by atoms with van der Waals surface area (Å²) in [5.74, 6) is -0.816. The summed E-state index contributed by atoms with van der Waals surface area (Å²) in [6, 6.07) is 24.1. The van der Waals surface area contributed by atoms with Crippen molar-refractivity contribution in [3.63, 3.8) is 0 Å². The predicted octanol–water partition coefficient (Wildman–Crippen LogP) is 5.58. The fourth-order valence-electron chi connectivity index (χ4n) is 4.52. The molecule has 0 spiro atoms.